The number of aromatic carboxylic acids is 1. The summed E-state index contributed by atoms with van der Waals surface area (Å²) in [5.41, 5.74) is 0.709. The monoisotopic (exact) mass is 269 g/mol. The number of piperazine rings is 1. The lowest BCUT2D eigenvalue weighted by Gasteiger charge is -2.33. The standard InChI is InChI=1S/C12H19N3O2S/c1-3-9-10(11(16)17)18-12(13-9)15-7-5-14(4-2)6-8-15/h3-8H2,1-2H3,(H,16,17). The molecule has 2 rings (SSSR count). The second-order valence-electron chi connectivity index (χ2n) is 4.35. The first kappa shape index (κ1) is 13.3. The van der Waals surface area contributed by atoms with Crippen LogP contribution in [-0.4, -0.2) is 53.7 Å². The Labute approximate surface area is 111 Å². The summed E-state index contributed by atoms with van der Waals surface area (Å²) in [5.74, 6) is -0.859. The second-order valence-corrected chi connectivity index (χ2v) is 5.33. The molecule has 0 saturated carbocycles. The molecule has 1 aromatic heterocycles. The van der Waals surface area contributed by atoms with E-state index in [9.17, 15) is 4.79 Å². The first-order valence-electron chi connectivity index (χ1n) is 6.36. The third kappa shape index (κ3) is 2.64. The molecule has 6 heteroatoms. The van der Waals surface area contributed by atoms with Gasteiger partial charge in [-0.05, 0) is 13.0 Å². The Morgan fingerprint density at radius 1 is 1.33 bits per heavy atom. The number of aryl methyl sites for hydroxylation is 1. The Kier molecular flexibility index (Phi) is 4.19. The molecular formula is C12H19N3O2S. The number of aromatic nitrogens is 1. The molecule has 5 nitrogen and oxygen atoms in total. The van der Waals surface area contributed by atoms with E-state index in [0.717, 1.165) is 37.9 Å². The zero-order valence-corrected chi connectivity index (χ0v) is 11.7. The summed E-state index contributed by atoms with van der Waals surface area (Å²) in [6, 6.07) is 0. The van der Waals surface area contributed by atoms with Crippen LogP contribution in [0.25, 0.3) is 0 Å². The largest absolute Gasteiger partial charge is 0.477 e. The summed E-state index contributed by atoms with van der Waals surface area (Å²) in [6.07, 6.45) is 0.674. The maximum atomic E-state index is 11.1. The highest BCUT2D eigenvalue weighted by Crippen LogP contribution is 2.27. The maximum Gasteiger partial charge on any atom is 0.347 e. The molecule has 1 aliphatic heterocycles. The minimum Gasteiger partial charge on any atom is -0.477 e. The van der Waals surface area contributed by atoms with Crippen LogP contribution in [0.4, 0.5) is 5.13 Å². The van der Waals surface area contributed by atoms with Gasteiger partial charge < -0.3 is 14.9 Å². The molecule has 1 N–H and O–H groups in total. The molecule has 1 saturated heterocycles. The van der Waals surface area contributed by atoms with Crippen molar-refractivity contribution in [3.8, 4) is 0 Å². The summed E-state index contributed by atoms with van der Waals surface area (Å²) in [7, 11) is 0. The number of nitrogens with zero attached hydrogens (tertiary/aromatic N) is 3. The second kappa shape index (κ2) is 5.67. The van der Waals surface area contributed by atoms with Crippen LogP contribution < -0.4 is 4.90 Å². The normalized spacial score (nSPS) is 17.1. The zero-order chi connectivity index (χ0) is 13.1. The topological polar surface area (TPSA) is 56.7 Å². The highest BCUT2D eigenvalue weighted by atomic mass is 32.1. The number of carbonyl (C=O) groups is 1. The third-order valence-corrected chi connectivity index (χ3v) is 4.45. The van der Waals surface area contributed by atoms with E-state index >= 15 is 0 Å². The number of hydrogen-bond donors (Lipinski definition) is 1. The summed E-state index contributed by atoms with van der Waals surface area (Å²) < 4.78 is 0. The predicted molar refractivity (Wildman–Crippen MR) is 72.8 cm³/mol. The van der Waals surface area contributed by atoms with E-state index in [1.807, 2.05) is 6.92 Å². The first-order chi connectivity index (χ1) is 8.65. The fraction of sp³-hybridized carbons (Fsp3) is 0.667. The molecule has 0 atom stereocenters. The molecular weight excluding hydrogens is 250 g/mol. The molecule has 1 fully saturated rings. The maximum absolute atomic E-state index is 11.1. The van der Waals surface area contributed by atoms with Gasteiger partial charge in [0, 0.05) is 26.2 Å². The lowest BCUT2D eigenvalue weighted by atomic mass is 10.3. The molecule has 0 amide bonds. The van der Waals surface area contributed by atoms with E-state index in [2.05, 4.69) is 21.7 Å². The van der Waals surface area contributed by atoms with Crippen molar-refractivity contribution in [2.75, 3.05) is 37.6 Å². The molecule has 1 aliphatic rings. The molecule has 18 heavy (non-hydrogen) atoms. The van der Waals surface area contributed by atoms with Crippen LogP contribution in [0.5, 0.6) is 0 Å². The Balaban J connectivity index is 2.12. The molecule has 100 valence electrons. The van der Waals surface area contributed by atoms with Crippen molar-refractivity contribution in [1.82, 2.24) is 9.88 Å². The summed E-state index contributed by atoms with van der Waals surface area (Å²) in [4.78, 5) is 20.6. The van der Waals surface area contributed by atoms with Gasteiger partial charge in [-0.25, -0.2) is 9.78 Å². The van der Waals surface area contributed by atoms with Gasteiger partial charge >= 0.3 is 5.97 Å². The van der Waals surface area contributed by atoms with Gasteiger partial charge in [0.2, 0.25) is 0 Å². The average molecular weight is 269 g/mol. The number of likely N-dealkylation sites (N-methyl/N-ethyl adjacent to an activating group) is 1. The van der Waals surface area contributed by atoms with Crippen LogP contribution in [0, 0.1) is 0 Å². The molecule has 0 unspecified atom stereocenters. The molecule has 0 radical (unpaired) electrons. The van der Waals surface area contributed by atoms with E-state index < -0.39 is 5.97 Å². The Bertz CT molecular complexity index is 425. The van der Waals surface area contributed by atoms with E-state index in [0.29, 0.717) is 17.0 Å². The summed E-state index contributed by atoms with van der Waals surface area (Å²) in [5, 5.41) is 9.99. The molecule has 0 aromatic carbocycles. The number of anilines is 1. The van der Waals surface area contributed by atoms with E-state index in [-0.39, 0.29) is 0 Å². The van der Waals surface area contributed by atoms with Crippen LogP contribution in [0.3, 0.4) is 0 Å². The fourth-order valence-electron chi connectivity index (χ4n) is 2.14. The summed E-state index contributed by atoms with van der Waals surface area (Å²) >= 11 is 1.30. The van der Waals surface area contributed by atoms with E-state index in [1.165, 1.54) is 11.3 Å². The van der Waals surface area contributed by atoms with Gasteiger partial charge in [0.25, 0.3) is 0 Å². The number of carboxylic acid groups (broad SMARTS) is 1. The highest BCUT2D eigenvalue weighted by molar-refractivity contribution is 7.17. The molecule has 0 bridgehead atoms. The zero-order valence-electron chi connectivity index (χ0n) is 10.8. The van der Waals surface area contributed by atoms with Crippen molar-refractivity contribution in [2.45, 2.75) is 20.3 Å². The van der Waals surface area contributed by atoms with Gasteiger partial charge in [-0.1, -0.05) is 25.2 Å². The van der Waals surface area contributed by atoms with Crippen LogP contribution >= 0.6 is 11.3 Å². The van der Waals surface area contributed by atoms with Crippen molar-refractivity contribution < 1.29 is 9.90 Å². The van der Waals surface area contributed by atoms with Crippen LogP contribution in [0.1, 0.15) is 29.2 Å². The van der Waals surface area contributed by atoms with Crippen LogP contribution in [0.15, 0.2) is 0 Å². The highest BCUT2D eigenvalue weighted by Gasteiger charge is 2.22. The summed E-state index contributed by atoms with van der Waals surface area (Å²) in [6.45, 7) is 9.11. The number of hydrogen-bond acceptors (Lipinski definition) is 5. The van der Waals surface area contributed by atoms with Crippen molar-refractivity contribution in [1.29, 1.82) is 0 Å². The molecule has 1 aromatic rings. The Morgan fingerprint density at radius 2 is 2.00 bits per heavy atom. The Morgan fingerprint density at radius 3 is 2.44 bits per heavy atom. The first-order valence-corrected chi connectivity index (χ1v) is 7.17. The molecule has 2 heterocycles. The molecule has 0 spiro atoms. The van der Waals surface area contributed by atoms with Gasteiger partial charge in [-0.15, -0.1) is 0 Å². The lowest BCUT2D eigenvalue weighted by Crippen LogP contribution is -2.46. The van der Waals surface area contributed by atoms with Crippen molar-refractivity contribution >= 4 is 22.4 Å². The SMILES string of the molecule is CCc1nc(N2CCN(CC)CC2)sc1C(=O)O. The van der Waals surface area contributed by atoms with Gasteiger partial charge in [-0.3, -0.25) is 0 Å². The van der Waals surface area contributed by atoms with Gasteiger partial charge in [0.15, 0.2) is 5.13 Å². The quantitative estimate of drug-likeness (QED) is 0.898. The van der Waals surface area contributed by atoms with Gasteiger partial charge in [0.1, 0.15) is 4.88 Å². The minimum atomic E-state index is -0.859. The van der Waals surface area contributed by atoms with Crippen molar-refractivity contribution in [3.05, 3.63) is 10.6 Å². The van der Waals surface area contributed by atoms with Crippen molar-refractivity contribution in [3.63, 3.8) is 0 Å². The minimum absolute atomic E-state index is 0.394. The lowest BCUT2D eigenvalue weighted by molar-refractivity contribution is 0.0701. The average Bonchev–Trinajstić information content (AvgIpc) is 2.83. The predicted octanol–water partition coefficient (Wildman–Crippen LogP) is 1.55. The number of rotatable bonds is 4. The number of carboxylic acids is 1. The molecule has 0 aliphatic carbocycles. The van der Waals surface area contributed by atoms with E-state index in [4.69, 9.17) is 5.11 Å². The van der Waals surface area contributed by atoms with Crippen molar-refractivity contribution in [2.24, 2.45) is 0 Å². The van der Waals surface area contributed by atoms with Gasteiger partial charge in [0.05, 0.1) is 5.69 Å². The van der Waals surface area contributed by atoms with Crippen LogP contribution in [-0.2, 0) is 6.42 Å². The Hall–Kier alpha value is -1.14. The number of thiazole rings is 1. The third-order valence-electron chi connectivity index (χ3n) is 3.31. The van der Waals surface area contributed by atoms with E-state index in [1.54, 1.807) is 0 Å². The fourth-order valence-corrected chi connectivity index (χ4v) is 3.18. The van der Waals surface area contributed by atoms with Crippen LogP contribution in [0.2, 0.25) is 0 Å². The van der Waals surface area contributed by atoms with Gasteiger partial charge in [-0.2, -0.15) is 0 Å². The smallest absolute Gasteiger partial charge is 0.347 e.